The number of alkyl halides is 3. The molecule has 86 valence electrons. The zero-order chi connectivity index (χ0) is 12.3. The summed E-state index contributed by atoms with van der Waals surface area (Å²) in [5, 5.41) is 11.0. The highest BCUT2D eigenvalue weighted by atomic mass is 19.4. The number of hydrogen-bond acceptors (Lipinski definition) is 3. The van der Waals surface area contributed by atoms with Crippen molar-refractivity contribution in [1.29, 1.82) is 0 Å². The number of carbonyl (C=O) groups is 1. The molecule has 0 bridgehead atoms. The van der Waals surface area contributed by atoms with Crippen molar-refractivity contribution in [2.75, 3.05) is 0 Å². The van der Waals surface area contributed by atoms with E-state index in [9.17, 15) is 18.0 Å². The van der Waals surface area contributed by atoms with Gasteiger partial charge in [-0.2, -0.15) is 13.2 Å². The summed E-state index contributed by atoms with van der Waals surface area (Å²) in [6, 6.07) is 3.69. The quantitative estimate of drug-likeness (QED) is 0.368. The van der Waals surface area contributed by atoms with Crippen molar-refractivity contribution in [3.63, 3.8) is 0 Å². The van der Waals surface area contributed by atoms with Crippen LogP contribution >= 0.6 is 0 Å². The van der Waals surface area contributed by atoms with Crippen LogP contribution in [0.25, 0.3) is 0 Å². The summed E-state index contributed by atoms with van der Waals surface area (Å²) >= 11 is 0. The van der Waals surface area contributed by atoms with Gasteiger partial charge in [-0.05, 0) is 19.1 Å². The smallest absolute Gasteiger partial charge is 0.411 e. The van der Waals surface area contributed by atoms with Crippen molar-refractivity contribution in [1.82, 2.24) is 0 Å². The van der Waals surface area contributed by atoms with Gasteiger partial charge in [0.25, 0.3) is 0 Å². The fourth-order valence-electron chi connectivity index (χ4n) is 1.06. The minimum Gasteiger partial charge on any atom is -0.411 e. The van der Waals surface area contributed by atoms with Crippen molar-refractivity contribution >= 4 is 11.5 Å². The maximum atomic E-state index is 12.2. The lowest BCUT2D eigenvalue weighted by Crippen LogP contribution is -2.11. The first kappa shape index (κ1) is 12.2. The van der Waals surface area contributed by atoms with E-state index in [1.807, 2.05) is 0 Å². The van der Waals surface area contributed by atoms with Crippen molar-refractivity contribution in [3.05, 3.63) is 35.4 Å². The summed E-state index contributed by atoms with van der Waals surface area (Å²) in [5.74, 6) is -0.615. The SMILES string of the molecule is C/C(=N\O)C(=O)c1ccc(C(F)(F)F)cc1. The highest BCUT2D eigenvalue weighted by molar-refractivity contribution is 6.45. The van der Waals surface area contributed by atoms with Crippen molar-refractivity contribution in [2.24, 2.45) is 5.16 Å². The Labute approximate surface area is 89.2 Å². The molecule has 0 unspecified atom stereocenters. The molecule has 0 amide bonds. The highest BCUT2D eigenvalue weighted by Gasteiger charge is 2.30. The van der Waals surface area contributed by atoms with Crippen LogP contribution < -0.4 is 0 Å². The van der Waals surface area contributed by atoms with E-state index in [1.165, 1.54) is 6.92 Å². The van der Waals surface area contributed by atoms with Gasteiger partial charge in [-0.25, -0.2) is 0 Å². The molecular formula is C10H8F3NO2. The zero-order valence-corrected chi connectivity index (χ0v) is 8.25. The van der Waals surface area contributed by atoms with Crippen molar-refractivity contribution in [3.8, 4) is 0 Å². The first-order valence-electron chi connectivity index (χ1n) is 4.27. The Balaban J connectivity index is 3.01. The third kappa shape index (κ3) is 2.59. The summed E-state index contributed by atoms with van der Waals surface area (Å²) < 4.78 is 36.6. The minimum atomic E-state index is -4.43. The first-order chi connectivity index (χ1) is 7.36. The normalized spacial score (nSPS) is 12.6. The Hall–Kier alpha value is -1.85. The van der Waals surface area contributed by atoms with E-state index in [0.717, 1.165) is 24.3 Å². The lowest BCUT2D eigenvalue weighted by Gasteiger charge is -2.06. The van der Waals surface area contributed by atoms with Gasteiger partial charge in [0, 0.05) is 5.56 Å². The third-order valence-corrected chi connectivity index (χ3v) is 1.95. The lowest BCUT2D eigenvalue weighted by atomic mass is 10.1. The topological polar surface area (TPSA) is 49.7 Å². The van der Waals surface area contributed by atoms with Gasteiger partial charge >= 0.3 is 6.18 Å². The van der Waals surface area contributed by atoms with Crippen LogP contribution in [0.4, 0.5) is 13.2 Å². The van der Waals surface area contributed by atoms with E-state index in [-0.39, 0.29) is 11.3 Å². The van der Waals surface area contributed by atoms with Gasteiger partial charge in [0.1, 0.15) is 5.71 Å². The van der Waals surface area contributed by atoms with Gasteiger partial charge in [-0.15, -0.1) is 0 Å². The predicted molar refractivity (Wildman–Crippen MR) is 50.7 cm³/mol. The van der Waals surface area contributed by atoms with E-state index in [4.69, 9.17) is 5.21 Å². The average molecular weight is 231 g/mol. The maximum Gasteiger partial charge on any atom is 0.416 e. The average Bonchev–Trinajstić information content (AvgIpc) is 2.26. The van der Waals surface area contributed by atoms with Crippen LogP contribution in [-0.4, -0.2) is 16.7 Å². The van der Waals surface area contributed by atoms with E-state index in [2.05, 4.69) is 5.16 Å². The Kier molecular flexibility index (Phi) is 3.31. The van der Waals surface area contributed by atoms with E-state index >= 15 is 0 Å². The largest absolute Gasteiger partial charge is 0.416 e. The molecular weight excluding hydrogens is 223 g/mol. The van der Waals surface area contributed by atoms with Gasteiger partial charge in [0.15, 0.2) is 0 Å². The molecule has 1 aromatic rings. The second kappa shape index (κ2) is 4.34. The maximum absolute atomic E-state index is 12.2. The second-order valence-corrected chi connectivity index (χ2v) is 3.09. The van der Waals surface area contributed by atoms with Crippen LogP contribution in [0.15, 0.2) is 29.4 Å². The molecule has 0 aliphatic carbocycles. The number of Topliss-reactive ketones (excluding diaryl/α,β-unsaturated/α-hetero) is 1. The molecule has 0 aliphatic rings. The molecule has 1 N–H and O–H groups in total. The molecule has 1 aromatic carbocycles. The molecule has 0 atom stereocenters. The molecule has 0 saturated carbocycles. The minimum absolute atomic E-state index is 0.0447. The van der Waals surface area contributed by atoms with Gasteiger partial charge in [-0.1, -0.05) is 17.3 Å². The molecule has 6 heteroatoms. The number of halogens is 3. The molecule has 0 saturated heterocycles. The summed E-state index contributed by atoms with van der Waals surface area (Å²) in [6.45, 7) is 1.26. The van der Waals surface area contributed by atoms with Crippen molar-refractivity contribution < 1.29 is 23.2 Å². The van der Waals surface area contributed by atoms with E-state index in [1.54, 1.807) is 0 Å². The van der Waals surface area contributed by atoms with Gasteiger partial charge in [0.05, 0.1) is 5.56 Å². The van der Waals surface area contributed by atoms with Crippen LogP contribution in [0.2, 0.25) is 0 Å². The van der Waals surface area contributed by atoms with Crippen LogP contribution in [0.3, 0.4) is 0 Å². The molecule has 0 heterocycles. The molecule has 1 rings (SSSR count). The highest BCUT2D eigenvalue weighted by Crippen LogP contribution is 2.29. The molecule has 16 heavy (non-hydrogen) atoms. The Morgan fingerprint density at radius 2 is 1.75 bits per heavy atom. The number of carbonyl (C=O) groups excluding carboxylic acids is 1. The van der Waals surface area contributed by atoms with Crippen LogP contribution in [0, 0.1) is 0 Å². The number of nitrogens with zero attached hydrogens (tertiary/aromatic N) is 1. The van der Waals surface area contributed by atoms with Crippen molar-refractivity contribution in [2.45, 2.75) is 13.1 Å². The van der Waals surface area contributed by atoms with Gasteiger partial charge in [-0.3, -0.25) is 4.79 Å². The van der Waals surface area contributed by atoms with Crippen LogP contribution in [0.1, 0.15) is 22.8 Å². The molecule has 0 aromatic heterocycles. The number of benzene rings is 1. The summed E-state index contributed by atoms with van der Waals surface area (Å²) in [6.07, 6.45) is -4.43. The summed E-state index contributed by atoms with van der Waals surface area (Å²) in [7, 11) is 0. The van der Waals surface area contributed by atoms with Gasteiger partial charge in [0.2, 0.25) is 5.78 Å². The lowest BCUT2D eigenvalue weighted by molar-refractivity contribution is -0.137. The van der Waals surface area contributed by atoms with Crippen LogP contribution in [0.5, 0.6) is 0 Å². The Bertz CT molecular complexity index is 421. The fraction of sp³-hybridized carbons (Fsp3) is 0.200. The second-order valence-electron chi connectivity index (χ2n) is 3.09. The number of oxime groups is 1. The number of ketones is 1. The van der Waals surface area contributed by atoms with Crippen LogP contribution in [-0.2, 0) is 6.18 Å². The van der Waals surface area contributed by atoms with E-state index < -0.39 is 17.5 Å². The Morgan fingerprint density at radius 1 is 1.25 bits per heavy atom. The monoisotopic (exact) mass is 231 g/mol. The predicted octanol–water partition coefficient (Wildman–Crippen LogP) is 2.74. The number of rotatable bonds is 2. The van der Waals surface area contributed by atoms with Gasteiger partial charge < -0.3 is 5.21 Å². The Morgan fingerprint density at radius 3 is 2.12 bits per heavy atom. The molecule has 0 spiro atoms. The fourth-order valence-corrected chi connectivity index (χ4v) is 1.06. The third-order valence-electron chi connectivity index (χ3n) is 1.95. The molecule has 3 nitrogen and oxygen atoms in total. The summed E-state index contributed by atoms with van der Waals surface area (Å²) in [5.41, 5.74) is -0.967. The summed E-state index contributed by atoms with van der Waals surface area (Å²) in [4.78, 5) is 11.4. The standard InChI is InChI=1S/C10H8F3NO2/c1-6(14-16)9(15)7-2-4-8(5-3-7)10(11,12)13/h2-5,16H,1H3/b14-6+. The molecule has 0 radical (unpaired) electrons. The zero-order valence-electron chi connectivity index (χ0n) is 8.25. The molecule has 0 aliphatic heterocycles. The van der Waals surface area contributed by atoms with E-state index in [0.29, 0.717) is 0 Å². The molecule has 0 fully saturated rings. The number of hydrogen-bond donors (Lipinski definition) is 1. The first-order valence-corrected chi connectivity index (χ1v) is 4.27.